The molecule has 0 aromatic heterocycles. The van der Waals surface area contributed by atoms with Gasteiger partial charge in [-0.1, -0.05) is 44.7 Å². The number of ether oxygens (including phenoxy) is 1. The Labute approximate surface area is 131 Å². The zero-order valence-corrected chi connectivity index (χ0v) is 13.3. The fourth-order valence-corrected chi connectivity index (χ4v) is 2.53. The smallest absolute Gasteiger partial charge is 0.322 e. The number of rotatable bonds is 8. The zero-order valence-electron chi connectivity index (χ0n) is 13.3. The topological polar surface area (TPSA) is 67.4 Å². The van der Waals surface area contributed by atoms with Crippen LogP contribution in [-0.4, -0.2) is 18.5 Å². The minimum absolute atomic E-state index is 0.331. The molecule has 1 atom stereocenters. The molecule has 1 saturated heterocycles. The molecule has 0 spiro atoms. The van der Waals surface area contributed by atoms with Crippen molar-refractivity contribution in [2.24, 2.45) is 0 Å². The molecule has 1 aliphatic heterocycles. The fraction of sp³-hybridized carbons (Fsp3) is 0.529. The van der Waals surface area contributed by atoms with Crippen LogP contribution in [0, 0.1) is 0 Å². The Morgan fingerprint density at radius 3 is 2.32 bits per heavy atom. The van der Waals surface area contributed by atoms with Crippen LogP contribution in [0.2, 0.25) is 0 Å². The maximum atomic E-state index is 11.9. The molecule has 120 valence electrons. The van der Waals surface area contributed by atoms with Crippen molar-refractivity contribution < 1.29 is 14.3 Å². The van der Waals surface area contributed by atoms with Crippen LogP contribution in [0.4, 0.5) is 4.79 Å². The van der Waals surface area contributed by atoms with Gasteiger partial charge in [0.2, 0.25) is 0 Å². The molecule has 2 N–H and O–H groups in total. The van der Waals surface area contributed by atoms with Gasteiger partial charge in [-0.05, 0) is 31.0 Å². The maximum Gasteiger partial charge on any atom is 0.322 e. The first kappa shape index (κ1) is 16.3. The minimum Gasteiger partial charge on any atom is -0.494 e. The van der Waals surface area contributed by atoms with Crippen molar-refractivity contribution in [3.8, 4) is 5.75 Å². The number of hydrogen-bond donors (Lipinski definition) is 2. The van der Waals surface area contributed by atoms with E-state index < -0.39 is 11.6 Å². The third-order valence-electron chi connectivity index (χ3n) is 3.99. The number of amides is 3. The molecule has 5 heteroatoms. The Kier molecular flexibility index (Phi) is 5.41. The highest BCUT2D eigenvalue weighted by molar-refractivity contribution is 6.07. The molecule has 0 saturated carbocycles. The summed E-state index contributed by atoms with van der Waals surface area (Å²) in [5, 5.41) is 4.91. The molecule has 1 aromatic rings. The van der Waals surface area contributed by atoms with E-state index >= 15 is 0 Å². The normalized spacial score (nSPS) is 20.6. The molecule has 1 fully saturated rings. The SMILES string of the molecule is CCCCCCCOc1ccc([C@]2(C)NC(=O)NC2=O)cc1. The third-order valence-corrected chi connectivity index (χ3v) is 3.99. The van der Waals surface area contributed by atoms with Crippen molar-refractivity contribution in [1.82, 2.24) is 10.6 Å². The summed E-state index contributed by atoms with van der Waals surface area (Å²) < 4.78 is 5.70. The number of hydrogen-bond acceptors (Lipinski definition) is 3. The van der Waals surface area contributed by atoms with Gasteiger partial charge in [-0.3, -0.25) is 10.1 Å². The lowest BCUT2D eigenvalue weighted by molar-refractivity contribution is -0.123. The summed E-state index contributed by atoms with van der Waals surface area (Å²) >= 11 is 0. The standard InChI is InChI=1S/C17H24N2O3/c1-3-4-5-6-7-12-22-14-10-8-13(9-11-14)17(2)15(20)18-16(21)19-17/h8-11H,3-7,12H2,1-2H3,(H2,18,19,20,21)/t17-/m0/s1. The summed E-state index contributed by atoms with van der Waals surface area (Å²) in [4.78, 5) is 23.2. The molecule has 0 bridgehead atoms. The van der Waals surface area contributed by atoms with Gasteiger partial charge in [0.25, 0.3) is 5.91 Å². The van der Waals surface area contributed by atoms with Gasteiger partial charge < -0.3 is 10.1 Å². The van der Waals surface area contributed by atoms with E-state index in [9.17, 15) is 9.59 Å². The lowest BCUT2D eigenvalue weighted by Crippen LogP contribution is -2.40. The highest BCUT2D eigenvalue weighted by atomic mass is 16.5. The van der Waals surface area contributed by atoms with E-state index in [1.165, 1.54) is 25.7 Å². The number of unbranched alkanes of at least 4 members (excludes halogenated alkanes) is 4. The predicted octanol–water partition coefficient (Wildman–Crippen LogP) is 3.09. The molecule has 2 rings (SSSR count). The van der Waals surface area contributed by atoms with E-state index in [1.54, 1.807) is 6.92 Å². The van der Waals surface area contributed by atoms with E-state index in [0.717, 1.165) is 17.7 Å². The van der Waals surface area contributed by atoms with Crippen LogP contribution >= 0.6 is 0 Å². The summed E-state index contributed by atoms with van der Waals surface area (Å²) in [5.41, 5.74) is -0.262. The van der Waals surface area contributed by atoms with Crippen LogP contribution in [0.3, 0.4) is 0 Å². The zero-order chi connectivity index (χ0) is 16.0. The van der Waals surface area contributed by atoms with Crippen LogP contribution < -0.4 is 15.4 Å². The minimum atomic E-state index is -1.00. The molecule has 1 aromatic carbocycles. The van der Waals surface area contributed by atoms with Crippen LogP contribution in [0.1, 0.15) is 51.5 Å². The number of carbonyl (C=O) groups excluding carboxylic acids is 2. The Bertz CT molecular complexity index is 527. The predicted molar refractivity (Wildman–Crippen MR) is 84.7 cm³/mol. The second kappa shape index (κ2) is 7.29. The maximum absolute atomic E-state index is 11.9. The lowest BCUT2D eigenvalue weighted by Gasteiger charge is -2.21. The van der Waals surface area contributed by atoms with Crippen molar-refractivity contribution in [3.63, 3.8) is 0 Å². The highest BCUT2D eigenvalue weighted by Crippen LogP contribution is 2.26. The number of imide groups is 1. The molecule has 3 amide bonds. The molecule has 5 nitrogen and oxygen atoms in total. The Hall–Kier alpha value is -2.04. The summed E-state index contributed by atoms with van der Waals surface area (Å²) in [5.74, 6) is 0.453. The van der Waals surface area contributed by atoms with Gasteiger partial charge in [-0.2, -0.15) is 0 Å². The third kappa shape index (κ3) is 3.78. The molecule has 0 aliphatic carbocycles. The van der Waals surface area contributed by atoms with Crippen LogP contribution in [-0.2, 0) is 10.3 Å². The van der Waals surface area contributed by atoms with E-state index in [-0.39, 0.29) is 5.91 Å². The Balaban J connectivity index is 1.85. The molecular weight excluding hydrogens is 280 g/mol. The molecule has 0 unspecified atom stereocenters. The van der Waals surface area contributed by atoms with Gasteiger partial charge in [-0.15, -0.1) is 0 Å². The molecule has 1 aliphatic rings. The molecule has 0 radical (unpaired) electrons. The average molecular weight is 304 g/mol. The Morgan fingerprint density at radius 1 is 1.05 bits per heavy atom. The average Bonchev–Trinajstić information content (AvgIpc) is 2.77. The first-order chi connectivity index (χ1) is 10.6. The summed E-state index contributed by atoms with van der Waals surface area (Å²) in [7, 11) is 0. The molecule has 1 heterocycles. The van der Waals surface area contributed by atoms with Crippen molar-refractivity contribution in [2.45, 2.75) is 51.5 Å². The molecule has 22 heavy (non-hydrogen) atoms. The van der Waals surface area contributed by atoms with Crippen molar-refractivity contribution >= 4 is 11.9 Å². The van der Waals surface area contributed by atoms with E-state index in [1.807, 2.05) is 24.3 Å². The van der Waals surface area contributed by atoms with Gasteiger partial charge in [0, 0.05) is 0 Å². The van der Waals surface area contributed by atoms with Crippen LogP contribution in [0.15, 0.2) is 24.3 Å². The summed E-state index contributed by atoms with van der Waals surface area (Å²) in [6.07, 6.45) is 6.02. The van der Waals surface area contributed by atoms with Gasteiger partial charge in [0.05, 0.1) is 6.61 Å². The largest absolute Gasteiger partial charge is 0.494 e. The van der Waals surface area contributed by atoms with E-state index in [0.29, 0.717) is 6.61 Å². The van der Waals surface area contributed by atoms with E-state index in [4.69, 9.17) is 4.74 Å². The first-order valence-electron chi connectivity index (χ1n) is 7.93. The summed E-state index contributed by atoms with van der Waals surface area (Å²) in [6, 6.07) is 6.85. The van der Waals surface area contributed by atoms with Gasteiger partial charge in [0.15, 0.2) is 0 Å². The quantitative estimate of drug-likeness (QED) is 0.573. The van der Waals surface area contributed by atoms with Crippen molar-refractivity contribution in [3.05, 3.63) is 29.8 Å². The fourth-order valence-electron chi connectivity index (χ4n) is 2.53. The number of nitrogens with one attached hydrogen (secondary N) is 2. The van der Waals surface area contributed by atoms with Crippen LogP contribution in [0.5, 0.6) is 5.75 Å². The van der Waals surface area contributed by atoms with Crippen molar-refractivity contribution in [1.29, 1.82) is 0 Å². The summed E-state index contributed by atoms with van der Waals surface area (Å²) in [6.45, 7) is 4.60. The highest BCUT2D eigenvalue weighted by Gasteiger charge is 2.43. The van der Waals surface area contributed by atoms with Gasteiger partial charge in [-0.25, -0.2) is 4.79 Å². The van der Waals surface area contributed by atoms with E-state index in [2.05, 4.69) is 17.6 Å². The van der Waals surface area contributed by atoms with Gasteiger partial charge >= 0.3 is 6.03 Å². The number of urea groups is 1. The second-order valence-electron chi connectivity index (χ2n) is 5.82. The molecular formula is C17H24N2O3. The lowest BCUT2D eigenvalue weighted by atomic mass is 9.92. The number of carbonyl (C=O) groups is 2. The first-order valence-corrected chi connectivity index (χ1v) is 7.93. The van der Waals surface area contributed by atoms with Gasteiger partial charge in [0.1, 0.15) is 11.3 Å². The number of benzene rings is 1. The van der Waals surface area contributed by atoms with Crippen LogP contribution in [0.25, 0.3) is 0 Å². The Morgan fingerprint density at radius 2 is 1.73 bits per heavy atom. The monoisotopic (exact) mass is 304 g/mol. The second-order valence-corrected chi connectivity index (χ2v) is 5.82. The van der Waals surface area contributed by atoms with Crippen molar-refractivity contribution in [2.75, 3.05) is 6.61 Å².